The van der Waals surface area contributed by atoms with E-state index < -0.39 is 15.8 Å². The first kappa shape index (κ1) is 15.3. The van der Waals surface area contributed by atoms with Crippen molar-refractivity contribution in [1.82, 2.24) is 4.98 Å². The minimum Gasteiger partial charge on any atom is -0.408 e. The molecule has 0 aliphatic rings. The van der Waals surface area contributed by atoms with Crippen molar-refractivity contribution in [3.63, 3.8) is 0 Å². The third-order valence-electron chi connectivity index (χ3n) is 3.48. The Hall–Kier alpha value is -2.29. The highest BCUT2D eigenvalue weighted by Gasteiger charge is 2.16. The standard InChI is InChI=1S/C15H9ClN2O4S2/c16-11-7-23-14-5-8(1-3-10(11)14)18-24(20,21)9-2-4-13-12(6-9)17-15(19)22-13/h1-7,18H,(H,17,19). The average molecular weight is 381 g/mol. The number of H-pyrrole nitrogens is 1. The topological polar surface area (TPSA) is 92.2 Å². The first-order chi connectivity index (χ1) is 11.4. The predicted octanol–water partition coefficient (Wildman–Crippen LogP) is 3.79. The van der Waals surface area contributed by atoms with Gasteiger partial charge in [0.05, 0.1) is 21.1 Å². The predicted molar refractivity (Wildman–Crippen MR) is 94.5 cm³/mol. The smallest absolute Gasteiger partial charge is 0.408 e. The van der Waals surface area contributed by atoms with Gasteiger partial charge in [-0.1, -0.05) is 11.6 Å². The van der Waals surface area contributed by atoms with E-state index in [4.69, 9.17) is 16.0 Å². The normalized spacial score (nSPS) is 12.0. The van der Waals surface area contributed by atoms with Crippen molar-refractivity contribution in [2.24, 2.45) is 0 Å². The molecule has 4 rings (SSSR count). The Kier molecular flexibility index (Phi) is 3.41. The van der Waals surface area contributed by atoms with Crippen molar-refractivity contribution in [3.05, 3.63) is 57.4 Å². The van der Waals surface area contributed by atoms with Crippen LogP contribution in [0.1, 0.15) is 0 Å². The third kappa shape index (κ3) is 2.58. The van der Waals surface area contributed by atoms with Gasteiger partial charge in [0.25, 0.3) is 10.0 Å². The monoisotopic (exact) mass is 380 g/mol. The Bertz CT molecular complexity index is 1240. The van der Waals surface area contributed by atoms with Gasteiger partial charge in [-0.15, -0.1) is 11.3 Å². The number of hydrogen-bond donors (Lipinski definition) is 2. The van der Waals surface area contributed by atoms with Gasteiger partial charge in [0, 0.05) is 15.5 Å². The minimum atomic E-state index is -3.80. The van der Waals surface area contributed by atoms with E-state index in [0.29, 0.717) is 21.8 Å². The Balaban J connectivity index is 1.73. The highest BCUT2D eigenvalue weighted by Crippen LogP contribution is 2.32. The van der Waals surface area contributed by atoms with Gasteiger partial charge in [0.2, 0.25) is 0 Å². The van der Waals surface area contributed by atoms with Crippen molar-refractivity contribution >= 4 is 59.8 Å². The Labute approximate surface area is 144 Å². The number of halogens is 1. The first-order valence-electron chi connectivity index (χ1n) is 6.75. The van der Waals surface area contributed by atoms with Crippen molar-refractivity contribution in [3.8, 4) is 0 Å². The molecular formula is C15H9ClN2O4S2. The molecule has 2 N–H and O–H groups in total. The summed E-state index contributed by atoms with van der Waals surface area (Å²) in [6.07, 6.45) is 0. The first-order valence-corrected chi connectivity index (χ1v) is 9.49. The number of aromatic amines is 1. The third-order valence-corrected chi connectivity index (χ3v) is 6.25. The van der Waals surface area contributed by atoms with Gasteiger partial charge >= 0.3 is 5.76 Å². The lowest BCUT2D eigenvalue weighted by Gasteiger charge is -2.08. The lowest BCUT2D eigenvalue weighted by atomic mass is 10.2. The van der Waals surface area contributed by atoms with E-state index in [9.17, 15) is 13.2 Å². The molecule has 0 saturated heterocycles. The van der Waals surface area contributed by atoms with Crippen LogP contribution in [-0.4, -0.2) is 13.4 Å². The van der Waals surface area contributed by atoms with Crippen molar-refractivity contribution in [2.45, 2.75) is 4.90 Å². The molecule has 9 heteroatoms. The summed E-state index contributed by atoms with van der Waals surface area (Å²) in [7, 11) is -3.80. The van der Waals surface area contributed by atoms with Crippen molar-refractivity contribution in [2.75, 3.05) is 4.72 Å². The number of nitrogens with one attached hydrogen (secondary N) is 2. The number of benzene rings is 2. The van der Waals surface area contributed by atoms with E-state index in [0.717, 1.165) is 10.1 Å². The van der Waals surface area contributed by atoms with Crippen LogP contribution in [0.15, 0.2) is 55.9 Å². The molecule has 0 atom stereocenters. The van der Waals surface area contributed by atoms with Crippen molar-refractivity contribution in [1.29, 1.82) is 0 Å². The van der Waals surface area contributed by atoms with Gasteiger partial charge in [0.1, 0.15) is 0 Å². The number of anilines is 1. The maximum atomic E-state index is 12.5. The molecule has 24 heavy (non-hydrogen) atoms. The quantitative estimate of drug-likeness (QED) is 0.565. The molecule has 2 aromatic carbocycles. The molecule has 6 nitrogen and oxygen atoms in total. The Morgan fingerprint density at radius 2 is 2.00 bits per heavy atom. The largest absolute Gasteiger partial charge is 0.417 e. The van der Waals surface area contributed by atoms with Crippen molar-refractivity contribution < 1.29 is 12.8 Å². The van der Waals surface area contributed by atoms with Crippen LogP contribution in [0.3, 0.4) is 0 Å². The molecule has 0 aliphatic heterocycles. The minimum absolute atomic E-state index is 0.0244. The molecule has 0 unspecified atom stereocenters. The summed E-state index contributed by atoms with van der Waals surface area (Å²) >= 11 is 7.48. The maximum absolute atomic E-state index is 12.5. The van der Waals surface area contributed by atoms with E-state index in [1.807, 2.05) is 0 Å². The molecule has 0 spiro atoms. The second kappa shape index (κ2) is 5.37. The van der Waals surface area contributed by atoms with E-state index in [1.54, 1.807) is 23.6 Å². The van der Waals surface area contributed by atoms with Crippen LogP contribution in [-0.2, 0) is 10.0 Å². The van der Waals surface area contributed by atoms with Gasteiger partial charge < -0.3 is 4.42 Å². The number of hydrogen-bond acceptors (Lipinski definition) is 5. The molecule has 0 radical (unpaired) electrons. The SMILES string of the molecule is O=c1[nH]c2cc(S(=O)(=O)Nc3ccc4c(Cl)csc4c3)ccc2o1. The lowest BCUT2D eigenvalue weighted by molar-refractivity contribution is 0.555. The fraction of sp³-hybridized carbons (Fsp3) is 0. The Morgan fingerprint density at radius 3 is 2.83 bits per heavy atom. The molecule has 2 aromatic heterocycles. The Morgan fingerprint density at radius 1 is 1.17 bits per heavy atom. The molecule has 0 saturated carbocycles. The second-order valence-corrected chi connectivity index (χ2v) is 8.07. The second-order valence-electron chi connectivity index (χ2n) is 5.07. The van der Waals surface area contributed by atoms with Gasteiger partial charge in [-0.05, 0) is 36.4 Å². The van der Waals surface area contributed by atoms with Crippen LogP contribution in [0.25, 0.3) is 21.2 Å². The van der Waals surface area contributed by atoms with Crippen LogP contribution in [0, 0.1) is 0 Å². The number of oxazole rings is 1. The molecule has 0 amide bonds. The molecule has 2 heterocycles. The van der Waals surface area contributed by atoms with E-state index >= 15 is 0 Å². The maximum Gasteiger partial charge on any atom is 0.417 e. The van der Waals surface area contributed by atoms with Crippen LogP contribution in [0.2, 0.25) is 5.02 Å². The molecule has 0 aliphatic carbocycles. The summed E-state index contributed by atoms with van der Waals surface area (Å²) in [5.74, 6) is -0.632. The molecule has 122 valence electrons. The van der Waals surface area contributed by atoms with E-state index in [2.05, 4.69) is 9.71 Å². The summed E-state index contributed by atoms with van der Waals surface area (Å²) in [4.78, 5) is 13.6. The zero-order valence-corrected chi connectivity index (χ0v) is 14.3. The molecule has 0 fully saturated rings. The van der Waals surface area contributed by atoms with Gasteiger partial charge in [-0.2, -0.15) is 0 Å². The van der Waals surface area contributed by atoms with Crippen LogP contribution >= 0.6 is 22.9 Å². The zero-order valence-electron chi connectivity index (χ0n) is 11.9. The number of thiophene rings is 1. The van der Waals surface area contributed by atoms with E-state index in [-0.39, 0.29) is 4.90 Å². The summed E-state index contributed by atoms with van der Waals surface area (Å²) < 4.78 is 33.3. The zero-order chi connectivity index (χ0) is 16.9. The molecular weight excluding hydrogens is 372 g/mol. The number of aromatic nitrogens is 1. The number of sulfonamides is 1. The number of fused-ring (bicyclic) bond motifs is 2. The van der Waals surface area contributed by atoms with Gasteiger partial charge in [-0.3, -0.25) is 9.71 Å². The summed E-state index contributed by atoms with van der Waals surface area (Å²) in [5, 5.41) is 3.31. The lowest BCUT2D eigenvalue weighted by Crippen LogP contribution is -2.12. The van der Waals surface area contributed by atoms with Gasteiger partial charge in [0.15, 0.2) is 5.58 Å². The summed E-state index contributed by atoms with van der Waals surface area (Å²) in [5.41, 5.74) is 1.05. The number of rotatable bonds is 3. The van der Waals surface area contributed by atoms with Crippen LogP contribution < -0.4 is 10.5 Å². The van der Waals surface area contributed by atoms with Gasteiger partial charge in [-0.25, -0.2) is 13.2 Å². The summed E-state index contributed by atoms with van der Waals surface area (Å²) in [6, 6.07) is 9.30. The van der Waals surface area contributed by atoms with Crippen LogP contribution in [0.4, 0.5) is 5.69 Å². The highest BCUT2D eigenvalue weighted by atomic mass is 35.5. The fourth-order valence-corrected chi connectivity index (χ4v) is 4.66. The molecule has 4 aromatic rings. The molecule has 0 bridgehead atoms. The average Bonchev–Trinajstić information content (AvgIpc) is 3.08. The fourth-order valence-electron chi connectivity index (χ4n) is 2.37. The van der Waals surface area contributed by atoms with E-state index in [1.165, 1.54) is 29.5 Å². The highest BCUT2D eigenvalue weighted by molar-refractivity contribution is 7.92. The summed E-state index contributed by atoms with van der Waals surface area (Å²) in [6.45, 7) is 0. The van der Waals surface area contributed by atoms with Crippen LogP contribution in [0.5, 0.6) is 0 Å².